The van der Waals surface area contributed by atoms with Gasteiger partial charge in [0.1, 0.15) is 17.2 Å². The van der Waals surface area contributed by atoms with Crippen molar-refractivity contribution in [2.75, 3.05) is 13.1 Å². The van der Waals surface area contributed by atoms with Gasteiger partial charge in [-0.25, -0.2) is 13.9 Å². The first kappa shape index (κ1) is 26.3. The molecule has 0 unspecified atom stereocenters. The van der Waals surface area contributed by atoms with E-state index in [1.807, 2.05) is 13.8 Å². The third kappa shape index (κ3) is 5.33. The molecule has 1 aliphatic heterocycles. The minimum atomic E-state index is -4.04. The van der Waals surface area contributed by atoms with Gasteiger partial charge in [0.15, 0.2) is 14.6 Å². The number of hydroxylamine groups is 1. The standard InChI is InChI=1S/C24H30N2O6S.ClH/c1-17(2)31-19-5-7-20(8-6-19)32-21-9-11-22(12-10-21)33(29,30)24(23(27)25-28)13-15-26(16-14-24)18-3-4-18;/h5-12,17-18,28H,3-4,13-16H2,1-2H3,(H,25,27);1H. The fourth-order valence-electron chi connectivity index (χ4n) is 4.32. The largest absolute Gasteiger partial charge is 0.491 e. The van der Waals surface area contributed by atoms with E-state index >= 15 is 0 Å². The van der Waals surface area contributed by atoms with Gasteiger partial charge in [-0.1, -0.05) is 0 Å². The SMILES string of the molecule is CC(C)Oc1ccc(Oc2ccc(S(=O)(=O)C3(C(=O)NO)CCN(C4CC4)CC3)cc2)cc1.Cl. The smallest absolute Gasteiger partial charge is 0.265 e. The highest BCUT2D eigenvalue weighted by molar-refractivity contribution is 7.93. The highest BCUT2D eigenvalue weighted by Gasteiger charge is 2.53. The lowest BCUT2D eigenvalue weighted by atomic mass is 9.94. The van der Waals surface area contributed by atoms with Crippen LogP contribution in [0.4, 0.5) is 0 Å². The van der Waals surface area contributed by atoms with E-state index in [-0.39, 0.29) is 36.2 Å². The van der Waals surface area contributed by atoms with Crippen molar-refractivity contribution in [2.45, 2.75) is 61.3 Å². The van der Waals surface area contributed by atoms with E-state index in [4.69, 9.17) is 9.47 Å². The Hall–Kier alpha value is -2.33. The molecule has 0 aromatic heterocycles. The van der Waals surface area contributed by atoms with E-state index in [0.29, 0.717) is 30.6 Å². The Morgan fingerprint density at radius 3 is 1.97 bits per heavy atom. The number of rotatable bonds is 8. The number of carbonyl (C=O) groups excluding carboxylic acids is 1. The summed E-state index contributed by atoms with van der Waals surface area (Å²) < 4.78 is 36.8. The molecular formula is C24H31ClN2O6S. The molecule has 0 bridgehead atoms. The fourth-order valence-corrected chi connectivity index (χ4v) is 6.27. The number of benzene rings is 2. The maximum absolute atomic E-state index is 13.6. The summed E-state index contributed by atoms with van der Waals surface area (Å²) >= 11 is 0. The van der Waals surface area contributed by atoms with Crippen molar-refractivity contribution in [3.05, 3.63) is 48.5 Å². The minimum absolute atomic E-state index is 0. The van der Waals surface area contributed by atoms with E-state index in [1.165, 1.54) is 12.1 Å². The van der Waals surface area contributed by atoms with Gasteiger partial charge in [0.05, 0.1) is 11.0 Å². The van der Waals surface area contributed by atoms with Gasteiger partial charge in [-0.2, -0.15) is 0 Å². The molecule has 1 amide bonds. The number of likely N-dealkylation sites (tertiary alicyclic amines) is 1. The van der Waals surface area contributed by atoms with Gasteiger partial charge in [-0.3, -0.25) is 10.0 Å². The topological polar surface area (TPSA) is 105 Å². The van der Waals surface area contributed by atoms with Gasteiger partial charge in [0.2, 0.25) is 0 Å². The second-order valence-electron chi connectivity index (χ2n) is 8.92. The zero-order chi connectivity index (χ0) is 23.6. The molecule has 1 saturated carbocycles. The molecule has 10 heteroatoms. The number of hydrogen-bond acceptors (Lipinski definition) is 7. The number of sulfone groups is 1. The Labute approximate surface area is 206 Å². The van der Waals surface area contributed by atoms with Crippen LogP contribution in [0.5, 0.6) is 17.2 Å². The number of nitrogens with one attached hydrogen (secondary N) is 1. The molecule has 8 nitrogen and oxygen atoms in total. The van der Waals surface area contributed by atoms with Crippen molar-refractivity contribution in [3.8, 4) is 17.2 Å². The van der Waals surface area contributed by atoms with Crippen LogP contribution in [0.2, 0.25) is 0 Å². The van der Waals surface area contributed by atoms with Gasteiger partial charge >= 0.3 is 0 Å². The van der Waals surface area contributed by atoms with Crippen molar-refractivity contribution in [3.63, 3.8) is 0 Å². The Balaban J connectivity index is 0.00000324. The Kier molecular flexibility index (Phi) is 8.13. The van der Waals surface area contributed by atoms with E-state index in [2.05, 4.69) is 4.90 Å². The zero-order valence-corrected chi connectivity index (χ0v) is 20.9. The van der Waals surface area contributed by atoms with E-state index in [0.717, 1.165) is 18.6 Å². The maximum Gasteiger partial charge on any atom is 0.265 e. The molecule has 0 atom stereocenters. The monoisotopic (exact) mass is 510 g/mol. The lowest BCUT2D eigenvalue weighted by Gasteiger charge is -2.39. The number of piperidine rings is 1. The van der Waals surface area contributed by atoms with Crippen LogP contribution in [-0.2, 0) is 14.6 Å². The first-order valence-electron chi connectivity index (χ1n) is 11.2. The molecule has 1 saturated heterocycles. The highest BCUT2D eigenvalue weighted by Crippen LogP contribution is 2.39. The lowest BCUT2D eigenvalue weighted by Crippen LogP contribution is -2.58. The minimum Gasteiger partial charge on any atom is -0.491 e. The average Bonchev–Trinajstić information content (AvgIpc) is 3.65. The number of halogens is 1. The van der Waals surface area contributed by atoms with Crippen molar-refractivity contribution in [2.24, 2.45) is 0 Å². The van der Waals surface area contributed by atoms with Gasteiger partial charge in [-0.05, 0) is 88.1 Å². The molecule has 2 aromatic rings. The normalized spacial score (nSPS) is 18.1. The summed E-state index contributed by atoms with van der Waals surface area (Å²) in [6.45, 7) is 4.92. The number of carbonyl (C=O) groups is 1. The Bertz CT molecular complexity index is 1080. The van der Waals surface area contributed by atoms with Crippen LogP contribution in [0, 0.1) is 0 Å². The predicted molar refractivity (Wildman–Crippen MR) is 130 cm³/mol. The summed E-state index contributed by atoms with van der Waals surface area (Å²) in [5.74, 6) is 0.918. The summed E-state index contributed by atoms with van der Waals surface area (Å²) in [5.41, 5.74) is 1.60. The van der Waals surface area contributed by atoms with Gasteiger partial charge in [0.25, 0.3) is 5.91 Å². The Morgan fingerprint density at radius 2 is 1.50 bits per heavy atom. The van der Waals surface area contributed by atoms with Crippen LogP contribution >= 0.6 is 12.4 Å². The highest BCUT2D eigenvalue weighted by atomic mass is 35.5. The number of nitrogens with zero attached hydrogens (tertiary/aromatic N) is 1. The van der Waals surface area contributed by atoms with Crippen LogP contribution in [0.25, 0.3) is 0 Å². The third-order valence-corrected chi connectivity index (χ3v) is 8.78. The van der Waals surface area contributed by atoms with E-state index in [9.17, 15) is 18.4 Å². The molecular weight excluding hydrogens is 480 g/mol. The summed E-state index contributed by atoms with van der Waals surface area (Å²) in [4.78, 5) is 14.9. The zero-order valence-electron chi connectivity index (χ0n) is 19.3. The number of amides is 1. The second-order valence-corrected chi connectivity index (χ2v) is 11.2. The van der Waals surface area contributed by atoms with Crippen LogP contribution in [0.3, 0.4) is 0 Å². The lowest BCUT2D eigenvalue weighted by molar-refractivity contribution is -0.133. The summed E-state index contributed by atoms with van der Waals surface area (Å²) in [5, 5.41) is 9.32. The van der Waals surface area contributed by atoms with E-state index in [1.54, 1.807) is 41.9 Å². The first-order valence-corrected chi connectivity index (χ1v) is 12.7. The molecule has 186 valence electrons. The van der Waals surface area contributed by atoms with E-state index < -0.39 is 20.5 Å². The molecule has 2 aliphatic rings. The van der Waals surface area contributed by atoms with Crippen molar-refractivity contribution in [1.82, 2.24) is 10.4 Å². The molecule has 0 spiro atoms. The first-order chi connectivity index (χ1) is 15.7. The molecule has 1 aliphatic carbocycles. The van der Waals surface area contributed by atoms with Crippen LogP contribution in [0.15, 0.2) is 53.4 Å². The van der Waals surface area contributed by atoms with Crippen LogP contribution < -0.4 is 15.0 Å². The molecule has 0 radical (unpaired) electrons. The van der Waals surface area contributed by atoms with Crippen LogP contribution in [-0.4, -0.2) is 54.4 Å². The van der Waals surface area contributed by atoms with Gasteiger partial charge in [0, 0.05) is 19.1 Å². The predicted octanol–water partition coefficient (Wildman–Crippen LogP) is 3.96. The van der Waals surface area contributed by atoms with Crippen molar-refractivity contribution < 1.29 is 27.9 Å². The molecule has 34 heavy (non-hydrogen) atoms. The molecule has 1 heterocycles. The summed E-state index contributed by atoms with van der Waals surface area (Å²) in [6, 6.07) is 13.7. The van der Waals surface area contributed by atoms with Crippen molar-refractivity contribution >= 4 is 28.2 Å². The number of ether oxygens (including phenoxy) is 2. The molecule has 4 rings (SSSR count). The average molecular weight is 511 g/mol. The summed E-state index contributed by atoms with van der Waals surface area (Å²) in [7, 11) is -4.04. The number of hydrogen-bond donors (Lipinski definition) is 2. The molecule has 2 aromatic carbocycles. The molecule has 2 fully saturated rings. The van der Waals surface area contributed by atoms with Gasteiger partial charge < -0.3 is 14.4 Å². The van der Waals surface area contributed by atoms with Crippen molar-refractivity contribution in [1.29, 1.82) is 0 Å². The third-order valence-electron chi connectivity index (χ3n) is 6.26. The summed E-state index contributed by atoms with van der Waals surface area (Å²) in [6.07, 6.45) is 2.58. The quantitative estimate of drug-likeness (QED) is 0.409. The molecule has 2 N–H and O–H groups in total. The fraction of sp³-hybridized carbons (Fsp3) is 0.458. The maximum atomic E-state index is 13.6. The second kappa shape index (κ2) is 10.5. The van der Waals surface area contributed by atoms with Gasteiger partial charge in [-0.15, -0.1) is 12.4 Å². The van der Waals surface area contributed by atoms with Crippen LogP contribution in [0.1, 0.15) is 39.5 Å². The Morgan fingerprint density at radius 1 is 1.00 bits per heavy atom.